The van der Waals surface area contributed by atoms with E-state index < -0.39 is 0 Å². The molecule has 0 bridgehead atoms. The number of hydrogen-bond donors (Lipinski definition) is 1. The van der Waals surface area contributed by atoms with Crippen molar-refractivity contribution in [3.8, 4) is 5.69 Å². The van der Waals surface area contributed by atoms with E-state index in [4.69, 9.17) is 4.74 Å². The third-order valence-corrected chi connectivity index (χ3v) is 3.98. The fraction of sp³-hybridized carbons (Fsp3) is 0.471. The molecule has 1 aliphatic heterocycles. The van der Waals surface area contributed by atoms with Gasteiger partial charge in [0.15, 0.2) is 0 Å². The third-order valence-electron chi connectivity index (χ3n) is 3.98. The van der Waals surface area contributed by atoms with Crippen LogP contribution in [0.3, 0.4) is 0 Å². The van der Waals surface area contributed by atoms with Crippen molar-refractivity contribution in [1.82, 2.24) is 14.9 Å². The Hall–Kier alpha value is -1.65. The lowest BCUT2D eigenvalue weighted by Crippen LogP contribution is -2.31. The van der Waals surface area contributed by atoms with E-state index in [2.05, 4.69) is 39.1 Å². The largest absolute Gasteiger partial charge is 0.377 e. The van der Waals surface area contributed by atoms with Crippen LogP contribution >= 0.6 is 0 Å². The van der Waals surface area contributed by atoms with E-state index in [0.29, 0.717) is 6.10 Å². The summed E-state index contributed by atoms with van der Waals surface area (Å²) in [4.78, 5) is 4.45. The lowest BCUT2D eigenvalue weighted by atomic mass is 10.1. The van der Waals surface area contributed by atoms with Crippen LogP contribution in [-0.4, -0.2) is 28.8 Å². The van der Waals surface area contributed by atoms with Crippen LogP contribution in [0.1, 0.15) is 30.8 Å². The molecular weight excluding hydrogens is 262 g/mol. The Morgan fingerprint density at radius 1 is 1.29 bits per heavy atom. The van der Waals surface area contributed by atoms with Crippen molar-refractivity contribution in [3.05, 3.63) is 48.0 Å². The van der Waals surface area contributed by atoms with Gasteiger partial charge in [0.1, 0.15) is 5.82 Å². The van der Waals surface area contributed by atoms with Crippen LogP contribution in [-0.2, 0) is 11.3 Å². The molecule has 112 valence electrons. The lowest BCUT2D eigenvalue weighted by molar-refractivity contribution is 0.0167. The average molecular weight is 285 g/mol. The Morgan fingerprint density at radius 2 is 2.14 bits per heavy atom. The number of aryl methyl sites for hydroxylation is 1. The molecule has 1 aromatic heterocycles. The minimum atomic E-state index is 0.368. The standard InChI is InChI=1S/C17H23N3O/c1-14-19-12-16(20(14)15-7-3-2-4-8-15)11-18-13-17-9-5-6-10-21-17/h2-4,7-8,12,17-18H,5-6,9-11,13H2,1H3. The van der Waals surface area contributed by atoms with Gasteiger partial charge in [-0.2, -0.15) is 0 Å². The zero-order valence-corrected chi connectivity index (χ0v) is 12.6. The summed E-state index contributed by atoms with van der Waals surface area (Å²) in [6.07, 6.45) is 5.98. The molecule has 4 heteroatoms. The van der Waals surface area contributed by atoms with Crippen LogP contribution in [0.25, 0.3) is 5.69 Å². The number of aromatic nitrogens is 2. The molecule has 1 unspecified atom stereocenters. The van der Waals surface area contributed by atoms with E-state index in [1.54, 1.807) is 0 Å². The molecule has 2 heterocycles. The molecule has 1 aromatic carbocycles. The maximum absolute atomic E-state index is 5.75. The second-order valence-electron chi connectivity index (χ2n) is 5.59. The minimum absolute atomic E-state index is 0.368. The van der Waals surface area contributed by atoms with Gasteiger partial charge in [-0.15, -0.1) is 0 Å². The molecule has 2 aromatic rings. The highest BCUT2D eigenvalue weighted by Gasteiger charge is 2.14. The smallest absolute Gasteiger partial charge is 0.110 e. The molecule has 1 N–H and O–H groups in total. The summed E-state index contributed by atoms with van der Waals surface area (Å²) in [5.41, 5.74) is 2.35. The number of rotatable bonds is 5. The van der Waals surface area contributed by atoms with E-state index in [1.807, 2.05) is 19.2 Å². The van der Waals surface area contributed by atoms with Gasteiger partial charge in [0.2, 0.25) is 0 Å². The average Bonchev–Trinajstić information content (AvgIpc) is 2.90. The number of hydrogen-bond acceptors (Lipinski definition) is 3. The first-order valence-corrected chi connectivity index (χ1v) is 7.75. The first kappa shape index (κ1) is 14.3. The minimum Gasteiger partial charge on any atom is -0.377 e. The Kier molecular flexibility index (Phi) is 4.68. The number of imidazole rings is 1. The summed E-state index contributed by atoms with van der Waals surface area (Å²) in [7, 11) is 0. The summed E-state index contributed by atoms with van der Waals surface area (Å²) >= 11 is 0. The summed E-state index contributed by atoms with van der Waals surface area (Å²) in [6.45, 7) is 4.68. The van der Waals surface area contributed by atoms with Crippen molar-refractivity contribution in [2.45, 2.75) is 38.8 Å². The van der Waals surface area contributed by atoms with Crippen LogP contribution in [0.15, 0.2) is 36.5 Å². The lowest BCUT2D eigenvalue weighted by Gasteiger charge is -2.23. The molecule has 0 spiro atoms. The first-order valence-electron chi connectivity index (χ1n) is 7.75. The monoisotopic (exact) mass is 285 g/mol. The molecule has 0 saturated carbocycles. The third kappa shape index (κ3) is 3.52. The van der Waals surface area contributed by atoms with Crippen molar-refractivity contribution in [1.29, 1.82) is 0 Å². The summed E-state index contributed by atoms with van der Waals surface area (Å²) in [5, 5.41) is 3.51. The fourth-order valence-electron chi connectivity index (χ4n) is 2.88. The second kappa shape index (κ2) is 6.87. The Bertz CT molecular complexity index is 559. The maximum atomic E-state index is 5.75. The van der Waals surface area contributed by atoms with Gasteiger partial charge < -0.3 is 10.1 Å². The molecule has 21 heavy (non-hydrogen) atoms. The highest BCUT2D eigenvalue weighted by molar-refractivity contribution is 5.35. The molecule has 1 aliphatic rings. The molecule has 3 rings (SSSR count). The molecular formula is C17H23N3O. The summed E-state index contributed by atoms with van der Waals surface area (Å²) < 4.78 is 7.95. The number of para-hydroxylation sites is 1. The Morgan fingerprint density at radius 3 is 2.90 bits per heavy atom. The second-order valence-corrected chi connectivity index (χ2v) is 5.59. The zero-order chi connectivity index (χ0) is 14.5. The van der Waals surface area contributed by atoms with E-state index in [1.165, 1.54) is 30.6 Å². The SMILES string of the molecule is Cc1ncc(CNCC2CCCCO2)n1-c1ccccc1. The van der Waals surface area contributed by atoms with E-state index in [9.17, 15) is 0 Å². The quantitative estimate of drug-likeness (QED) is 0.918. The molecule has 1 atom stereocenters. The molecule has 1 fully saturated rings. The van der Waals surface area contributed by atoms with Gasteiger partial charge in [0.05, 0.1) is 18.0 Å². The molecule has 1 saturated heterocycles. The van der Waals surface area contributed by atoms with Crippen LogP contribution in [0.5, 0.6) is 0 Å². The van der Waals surface area contributed by atoms with Crippen LogP contribution in [0.4, 0.5) is 0 Å². The fourth-order valence-corrected chi connectivity index (χ4v) is 2.88. The van der Waals surface area contributed by atoms with Crippen LogP contribution in [0, 0.1) is 6.92 Å². The van der Waals surface area contributed by atoms with E-state index in [0.717, 1.165) is 25.5 Å². The first-order chi connectivity index (χ1) is 10.3. The number of nitrogens with one attached hydrogen (secondary N) is 1. The normalized spacial score (nSPS) is 18.8. The zero-order valence-electron chi connectivity index (χ0n) is 12.6. The van der Waals surface area contributed by atoms with Gasteiger partial charge >= 0.3 is 0 Å². The molecule has 0 radical (unpaired) electrons. The van der Waals surface area contributed by atoms with Crippen LogP contribution < -0.4 is 5.32 Å². The van der Waals surface area contributed by atoms with Gasteiger partial charge in [0, 0.05) is 25.4 Å². The van der Waals surface area contributed by atoms with Gasteiger partial charge in [0.25, 0.3) is 0 Å². The van der Waals surface area contributed by atoms with Crippen LogP contribution in [0.2, 0.25) is 0 Å². The molecule has 0 amide bonds. The Labute approximate surface area is 126 Å². The number of nitrogens with zero attached hydrogens (tertiary/aromatic N) is 2. The number of benzene rings is 1. The van der Waals surface area contributed by atoms with Crippen molar-refractivity contribution in [3.63, 3.8) is 0 Å². The van der Waals surface area contributed by atoms with Crippen molar-refractivity contribution < 1.29 is 4.74 Å². The molecule has 4 nitrogen and oxygen atoms in total. The molecule has 0 aliphatic carbocycles. The highest BCUT2D eigenvalue weighted by Crippen LogP contribution is 2.15. The van der Waals surface area contributed by atoms with Crippen molar-refractivity contribution in [2.75, 3.05) is 13.2 Å². The van der Waals surface area contributed by atoms with Gasteiger partial charge in [-0.25, -0.2) is 4.98 Å². The van der Waals surface area contributed by atoms with Crippen molar-refractivity contribution in [2.24, 2.45) is 0 Å². The number of ether oxygens (including phenoxy) is 1. The van der Waals surface area contributed by atoms with Gasteiger partial charge in [-0.1, -0.05) is 18.2 Å². The predicted octanol–water partition coefficient (Wildman–Crippen LogP) is 2.84. The van der Waals surface area contributed by atoms with Gasteiger partial charge in [-0.05, 0) is 38.3 Å². The Balaban J connectivity index is 1.63. The van der Waals surface area contributed by atoms with Crippen molar-refractivity contribution >= 4 is 0 Å². The highest BCUT2D eigenvalue weighted by atomic mass is 16.5. The van der Waals surface area contributed by atoms with Gasteiger partial charge in [-0.3, -0.25) is 4.57 Å². The summed E-state index contributed by atoms with van der Waals surface area (Å²) in [5.74, 6) is 1.02. The predicted molar refractivity (Wildman–Crippen MR) is 83.6 cm³/mol. The maximum Gasteiger partial charge on any atom is 0.110 e. The topological polar surface area (TPSA) is 39.1 Å². The van der Waals surface area contributed by atoms with E-state index >= 15 is 0 Å². The summed E-state index contributed by atoms with van der Waals surface area (Å²) in [6, 6.07) is 10.4. The van der Waals surface area contributed by atoms with E-state index in [-0.39, 0.29) is 0 Å².